The molecule has 6 heteroatoms. The predicted octanol–water partition coefficient (Wildman–Crippen LogP) is 11.0. The average Bonchev–Trinajstić information content (AvgIpc) is 3.66. The van der Waals surface area contributed by atoms with Gasteiger partial charge < -0.3 is 9.62 Å². The number of nitrogens with zero attached hydrogens (tertiary/aromatic N) is 2. The van der Waals surface area contributed by atoms with Gasteiger partial charge in [-0.05, 0) is 128 Å². The molecule has 0 atom stereocenters. The van der Waals surface area contributed by atoms with Crippen LogP contribution < -0.4 is 47.9 Å². The second-order valence-electron chi connectivity index (χ2n) is 24.5. The first-order chi connectivity index (χ1) is 31.3. The molecule has 0 fully saturated rings. The minimum Gasteiger partial charge on any atom is -0.377 e. The zero-order valence-corrected chi connectivity index (χ0v) is 41.3. The summed E-state index contributed by atoms with van der Waals surface area (Å²) in [4.78, 5) is 7.19. The predicted molar refractivity (Wildman–Crippen MR) is 290 cm³/mol. The van der Waals surface area contributed by atoms with Crippen LogP contribution in [0.3, 0.4) is 0 Å². The lowest BCUT2D eigenvalue weighted by atomic mass is 9.28. The molecule has 2 nitrogen and oxygen atoms in total. The molecule has 6 aliphatic rings. The fourth-order valence-electron chi connectivity index (χ4n) is 13.0. The number of anilines is 4. The van der Waals surface area contributed by atoms with Crippen LogP contribution in [-0.2, 0) is 21.7 Å². The Labute approximate surface area is 396 Å². The summed E-state index contributed by atoms with van der Waals surface area (Å²) in [6.45, 7) is 28.8. The fraction of sp³-hybridized carbons (Fsp3) is 0.267. The highest BCUT2D eigenvalue weighted by molar-refractivity contribution is 7.25. The van der Waals surface area contributed by atoms with Gasteiger partial charge in [0.2, 0.25) is 0 Å². The van der Waals surface area contributed by atoms with Crippen LogP contribution in [-0.4, -0.2) is 20.4 Å². The molecule has 1 aromatic heterocycles. The van der Waals surface area contributed by atoms with Crippen molar-refractivity contribution in [2.45, 2.75) is 105 Å². The second-order valence-corrected chi connectivity index (χ2v) is 25.6. The Kier molecular flexibility index (Phi) is 7.32. The molecule has 6 aliphatic heterocycles. The SMILES string of the molecule is CC(C)(C)c1ccc2c(c1)B1c3ccccc3-c3cc(C(C)(C)C)cc4c3N1c1c-2cc2c3c1B4c1cc(C(C)(C)C)cc4c1N3B(c1cc(C(C)(C)C)ccc1-2)c1c-4sc2ccccc12. The molecule has 0 bridgehead atoms. The molecule has 0 saturated heterocycles. The normalized spacial score (nSPS) is 15.4. The van der Waals surface area contributed by atoms with Gasteiger partial charge in [0.25, 0.3) is 6.71 Å². The maximum Gasteiger partial charge on any atom is 0.330 e. The van der Waals surface area contributed by atoms with Crippen molar-refractivity contribution in [2.75, 3.05) is 9.62 Å². The third-order valence-corrected chi connectivity index (χ3v) is 17.6. The van der Waals surface area contributed by atoms with Crippen LogP contribution in [0.4, 0.5) is 22.7 Å². The van der Waals surface area contributed by atoms with E-state index in [-0.39, 0.29) is 42.1 Å². The average molecular weight is 869 g/mol. The summed E-state index contributed by atoms with van der Waals surface area (Å²) in [5.74, 6) is 0. The second kappa shape index (κ2) is 12.2. The van der Waals surface area contributed by atoms with E-state index in [1.807, 2.05) is 11.3 Å². The van der Waals surface area contributed by atoms with Gasteiger partial charge in [-0.1, -0.05) is 174 Å². The quantitative estimate of drug-likeness (QED) is 0.140. The highest BCUT2D eigenvalue weighted by atomic mass is 32.1. The molecule has 66 heavy (non-hydrogen) atoms. The number of benzene rings is 7. The standard InChI is InChI=1S/C60H55B3N2S/c1-57(2,3)32-21-23-37-41-31-42-38-24-22-33(58(4,5)6)28-46(38)63-50-39-18-14-16-20-49(39)66-56(50)43-26-35(60(10,11)12)30-48-53(43)65(63)55(42)51-54(41)64-52-40(25-34(59(7,8)9)29-47(52)61(48)51)36-17-13-15-19-44(36)62(64)45(37)27-32/h13-31H,1-12H3. The third kappa shape index (κ3) is 4.87. The van der Waals surface area contributed by atoms with Gasteiger partial charge in [0, 0.05) is 54.6 Å². The first-order valence-electron chi connectivity index (χ1n) is 24.4. The fourth-order valence-corrected chi connectivity index (χ4v) is 14.3. The van der Waals surface area contributed by atoms with Gasteiger partial charge in [-0.2, -0.15) is 0 Å². The molecular weight excluding hydrogens is 813 g/mol. The summed E-state index contributed by atoms with van der Waals surface area (Å²) in [6, 6.07) is 46.8. The maximum atomic E-state index is 2.89. The van der Waals surface area contributed by atoms with Crippen LogP contribution in [0.5, 0.6) is 0 Å². The summed E-state index contributed by atoms with van der Waals surface area (Å²) in [6.07, 6.45) is 0. The Morgan fingerprint density at radius 1 is 0.364 bits per heavy atom. The summed E-state index contributed by atoms with van der Waals surface area (Å²) in [5, 5.41) is 1.39. The Morgan fingerprint density at radius 2 is 0.833 bits per heavy atom. The summed E-state index contributed by atoms with van der Waals surface area (Å²) in [7, 11) is 0. The molecule has 7 heterocycles. The number of thiophene rings is 1. The van der Waals surface area contributed by atoms with Crippen LogP contribution in [0.25, 0.3) is 53.9 Å². The maximum absolute atomic E-state index is 2.89. The Morgan fingerprint density at radius 3 is 1.44 bits per heavy atom. The van der Waals surface area contributed by atoms with Gasteiger partial charge in [0.15, 0.2) is 0 Å². The monoisotopic (exact) mass is 868 g/mol. The van der Waals surface area contributed by atoms with Gasteiger partial charge in [-0.25, -0.2) is 0 Å². The zero-order chi connectivity index (χ0) is 45.5. The Bertz CT molecular complexity index is 3570. The lowest BCUT2D eigenvalue weighted by Gasteiger charge is -2.55. The molecule has 0 amide bonds. The van der Waals surface area contributed by atoms with Crippen molar-refractivity contribution in [3.05, 3.63) is 138 Å². The van der Waals surface area contributed by atoms with E-state index in [0.29, 0.717) is 0 Å². The number of rotatable bonds is 0. The summed E-state index contributed by atoms with van der Waals surface area (Å²) >= 11 is 2.01. The smallest absolute Gasteiger partial charge is 0.330 e. The Balaban J connectivity index is 1.23. The van der Waals surface area contributed by atoms with E-state index < -0.39 is 0 Å². The molecule has 0 aliphatic carbocycles. The molecule has 14 rings (SSSR count). The first-order valence-corrected chi connectivity index (χ1v) is 25.2. The van der Waals surface area contributed by atoms with E-state index in [0.717, 1.165) is 0 Å². The van der Waals surface area contributed by atoms with Gasteiger partial charge in [0.1, 0.15) is 0 Å². The van der Waals surface area contributed by atoms with Crippen molar-refractivity contribution in [3.8, 4) is 43.8 Å². The minimum absolute atomic E-state index is 0.00150. The van der Waals surface area contributed by atoms with E-state index in [9.17, 15) is 0 Å². The molecule has 0 unspecified atom stereocenters. The van der Waals surface area contributed by atoms with E-state index in [4.69, 9.17) is 0 Å². The molecule has 0 spiro atoms. The van der Waals surface area contributed by atoms with E-state index in [2.05, 4.69) is 208 Å². The van der Waals surface area contributed by atoms with Crippen LogP contribution in [0, 0.1) is 0 Å². The molecular formula is C60H55B3N2S. The zero-order valence-electron chi connectivity index (χ0n) is 40.5. The van der Waals surface area contributed by atoms with Crippen molar-refractivity contribution < 1.29 is 0 Å². The van der Waals surface area contributed by atoms with Crippen molar-refractivity contribution in [3.63, 3.8) is 0 Å². The molecule has 0 radical (unpaired) electrons. The molecule has 7 aromatic carbocycles. The topological polar surface area (TPSA) is 6.48 Å². The van der Waals surface area contributed by atoms with Crippen LogP contribution in [0.2, 0.25) is 0 Å². The third-order valence-electron chi connectivity index (χ3n) is 16.4. The van der Waals surface area contributed by atoms with Crippen molar-refractivity contribution >= 4 is 103 Å². The van der Waals surface area contributed by atoms with Crippen molar-refractivity contribution in [1.82, 2.24) is 0 Å². The van der Waals surface area contributed by atoms with E-state index in [1.165, 1.54) is 137 Å². The minimum atomic E-state index is -0.0575. The highest BCUT2D eigenvalue weighted by Gasteiger charge is 2.57. The van der Waals surface area contributed by atoms with Crippen molar-refractivity contribution in [1.29, 1.82) is 0 Å². The molecule has 8 aromatic rings. The van der Waals surface area contributed by atoms with Crippen LogP contribution in [0.15, 0.2) is 115 Å². The van der Waals surface area contributed by atoms with Gasteiger partial charge >= 0.3 is 13.7 Å². The van der Waals surface area contributed by atoms with E-state index >= 15 is 0 Å². The van der Waals surface area contributed by atoms with Gasteiger partial charge in [-0.3, -0.25) is 0 Å². The summed E-state index contributed by atoms with van der Waals surface area (Å²) in [5.41, 5.74) is 30.9. The number of hydrogen-bond donors (Lipinski definition) is 0. The lowest BCUT2D eigenvalue weighted by Crippen LogP contribution is -2.72. The van der Waals surface area contributed by atoms with Gasteiger partial charge in [0.05, 0.1) is 0 Å². The lowest BCUT2D eigenvalue weighted by molar-refractivity contribution is 0.590. The van der Waals surface area contributed by atoms with E-state index in [1.54, 1.807) is 0 Å². The number of fused-ring (bicyclic) bond motifs is 16. The van der Waals surface area contributed by atoms with Crippen LogP contribution in [0.1, 0.15) is 105 Å². The number of hydrogen-bond acceptors (Lipinski definition) is 3. The first kappa shape index (κ1) is 39.5. The Hall–Kier alpha value is -5.71. The highest BCUT2D eigenvalue weighted by Crippen LogP contribution is 2.57. The van der Waals surface area contributed by atoms with Crippen LogP contribution >= 0.6 is 11.3 Å². The largest absolute Gasteiger partial charge is 0.377 e. The van der Waals surface area contributed by atoms with Gasteiger partial charge in [-0.15, -0.1) is 11.3 Å². The molecule has 0 N–H and O–H groups in total. The van der Waals surface area contributed by atoms with Crippen molar-refractivity contribution in [2.24, 2.45) is 0 Å². The molecule has 0 saturated carbocycles. The summed E-state index contributed by atoms with van der Waals surface area (Å²) < 4.78 is 1.37. The molecule has 320 valence electrons.